The van der Waals surface area contributed by atoms with Gasteiger partial charge in [-0.05, 0) is 25.0 Å². The molecule has 1 aliphatic rings. The summed E-state index contributed by atoms with van der Waals surface area (Å²) >= 11 is 0. The molecule has 1 saturated heterocycles. The first kappa shape index (κ1) is 18.8. The predicted molar refractivity (Wildman–Crippen MR) is 102 cm³/mol. The molecule has 5 heteroatoms. The first-order valence-corrected chi connectivity index (χ1v) is 9.16. The number of nitrogens with zero attached hydrogens (tertiary/aromatic N) is 1. The minimum Gasteiger partial charge on any atom is -0.497 e. The van der Waals surface area contributed by atoms with Gasteiger partial charge >= 0.3 is 0 Å². The third kappa shape index (κ3) is 4.42. The van der Waals surface area contributed by atoms with Crippen molar-refractivity contribution in [1.82, 2.24) is 4.90 Å². The lowest BCUT2D eigenvalue weighted by atomic mass is 10.0. The molecule has 1 heterocycles. The average Bonchev–Trinajstić information content (AvgIpc) is 3.21. The van der Waals surface area contributed by atoms with E-state index in [1.807, 2.05) is 18.2 Å². The van der Waals surface area contributed by atoms with E-state index in [1.54, 1.807) is 48.4 Å². The molecule has 27 heavy (non-hydrogen) atoms. The molecule has 2 aromatic rings. The Labute approximate surface area is 158 Å². The first-order chi connectivity index (χ1) is 13.1. The summed E-state index contributed by atoms with van der Waals surface area (Å²) < 4.78 is 5.13. The van der Waals surface area contributed by atoms with Gasteiger partial charge in [0.1, 0.15) is 5.75 Å². The van der Waals surface area contributed by atoms with E-state index in [1.165, 1.54) is 0 Å². The third-order valence-corrected chi connectivity index (χ3v) is 4.89. The fourth-order valence-corrected chi connectivity index (χ4v) is 3.44. The summed E-state index contributed by atoms with van der Waals surface area (Å²) in [4.78, 5) is 39.4. The van der Waals surface area contributed by atoms with E-state index in [2.05, 4.69) is 0 Å². The Balaban J connectivity index is 1.61. The van der Waals surface area contributed by atoms with Crippen LogP contribution in [0.2, 0.25) is 0 Å². The van der Waals surface area contributed by atoms with Gasteiger partial charge in [-0.1, -0.05) is 42.5 Å². The molecule has 0 N–H and O–H groups in total. The average molecular weight is 365 g/mol. The number of carbonyl (C=O) groups is 3. The van der Waals surface area contributed by atoms with E-state index in [4.69, 9.17) is 4.74 Å². The van der Waals surface area contributed by atoms with Crippen LogP contribution in [-0.2, 0) is 4.79 Å². The Morgan fingerprint density at radius 3 is 2.48 bits per heavy atom. The number of methoxy groups -OCH3 is 1. The zero-order chi connectivity index (χ0) is 19.2. The summed E-state index contributed by atoms with van der Waals surface area (Å²) in [6.45, 7) is 0.565. The second kappa shape index (κ2) is 8.62. The number of ketones is 2. The highest BCUT2D eigenvalue weighted by atomic mass is 16.5. The Kier molecular flexibility index (Phi) is 6.01. The number of Topliss-reactive ketones (excluding diaryl/α,β-unsaturated/α-hetero) is 2. The SMILES string of the molecule is COc1cccc(C(=O)CCC(=O)N2CCCC2C(=O)c2ccccc2)c1. The van der Waals surface area contributed by atoms with Gasteiger partial charge in [0.05, 0.1) is 13.2 Å². The van der Waals surface area contributed by atoms with E-state index in [0.29, 0.717) is 29.8 Å². The van der Waals surface area contributed by atoms with Crippen molar-refractivity contribution in [2.45, 2.75) is 31.7 Å². The van der Waals surface area contributed by atoms with Crippen molar-refractivity contribution < 1.29 is 19.1 Å². The zero-order valence-corrected chi connectivity index (χ0v) is 15.4. The van der Waals surface area contributed by atoms with Crippen LogP contribution in [0.1, 0.15) is 46.4 Å². The molecule has 1 aliphatic heterocycles. The monoisotopic (exact) mass is 365 g/mol. The Hall–Kier alpha value is -2.95. The lowest BCUT2D eigenvalue weighted by Crippen LogP contribution is -2.40. The van der Waals surface area contributed by atoms with Gasteiger partial charge < -0.3 is 9.64 Å². The van der Waals surface area contributed by atoms with E-state index in [0.717, 1.165) is 6.42 Å². The van der Waals surface area contributed by atoms with Crippen LogP contribution in [0.15, 0.2) is 54.6 Å². The molecule has 0 aromatic heterocycles. The van der Waals surface area contributed by atoms with Crippen molar-refractivity contribution in [3.8, 4) is 5.75 Å². The maximum atomic E-state index is 12.7. The van der Waals surface area contributed by atoms with Gasteiger partial charge in [-0.2, -0.15) is 0 Å². The Bertz CT molecular complexity index is 831. The van der Waals surface area contributed by atoms with Crippen molar-refractivity contribution in [3.63, 3.8) is 0 Å². The smallest absolute Gasteiger partial charge is 0.223 e. The molecule has 0 aliphatic carbocycles. The minimum atomic E-state index is -0.424. The fraction of sp³-hybridized carbons (Fsp3) is 0.318. The summed E-state index contributed by atoms with van der Waals surface area (Å²) in [5.41, 5.74) is 1.15. The lowest BCUT2D eigenvalue weighted by Gasteiger charge is -2.23. The topological polar surface area (TPSA) is 63.7 Å². The molecule has 2 aromatic carbocycles. The number of amides is 1. The van der Waals surface area contributed by atoms with Crippen LogP contribution in [0.3, 0.4) is 0 Å². The number of hydrogen-bond donors (Lipinski definition) is 0. The van der Waals surface area contributed by atoms with Crippen LogP contribution in [0.5, 0.6) is 5.75 Å². The summed E-state index contributed by atoms with van der Waals surface area (Å²) in [6.07, 6.45) is 1.70. The van der Waals surface area contributed by atoms with Crippen molar-refractivity contribution in [2.75, 3.05) is 13.7 Å². The second-order valence-electron chi connectivity index (χ2n) is 6.63. The van der Waals surface area contributed by atoms with Crippen LogP contribution in [0, 0.1) is 0 Å². The molecule has 1 fully saturated rings. The molecule has 1 amide bonds. The molecule has 0 radical (unpaired) electrons. The number of hydrogen-bond acceptors (Lipinski definition) is 4. The van der Waals surface area contributed by atoms with Crippen LogP contribution in [0.4, 0.5) is 0 Å². The molecule has 0 saturated carbocycles. The second-order valence-corrected chi connectivity index (χ2v) is 6.63. The van der Waals surface area contributed by atoms with Gasteiger partial charge in [0.25, 0.3) is 0 Å². The van der Waals surface area contributed by atoms with Gasteiger partial charge in [0, 0.05) is 30.5 Å². The third-order valence-electron chi connectivity index (χ3n) is 4.89. The summed E-state index contributed by atoms with van der Waals surface area (Å²) in [6, 6.07) is 15.5. The van der Waals surface area contributed by atoms with E-state index in [9.17, 15) is 14.4 Å². The van der Waals surface area contributed by atoms with Gasteiger partial charge in [-0.3, -0.25) is 14.4 Å². The molecular formula is C22H23NO4. The molecule has 5 nitrogen and oxygen atoms in total. The number of likely N-dealkylation sites (tertiary alicyclic amines) is 1. The molecule has 1 atom stereocenters. The van der Waals surface area contributed by atoms with Gasteiger partial charge in [0.15, 0.2) is 11.6 Å². The summed E-state index contributed by atoms with van der Waals surface area (Å²) in [5.74, 6) is 0.339. The van der Waals surface area contributed by atoms with Gasteiger partial charge in [-0.15, -0.1) is 0 Å². The normalized spacial score (nSPS) is 16.2. The molecular weight excluding hydrogens is 342 g/mol. The fourth-order valence-electron chi connectivity index (χ4n) is 3.44. The van der Waals surface area contributed by atoms with Crippen LogP contribution >= 0.6 is 0 Å². The van der Waals surface area contributed by atoms with Crippen LogP contribution in [-0.4, -0.2) is 42.1 Å². The van der Waals surface area contributed by atoms with Crippen LogP contribution < -0.4 is 4.74 Å². The highest BCUT2D eigenvalue weighted by Crippen LogP contribution is 2.23. The van der Waals surface area contributed by atoms with Crippen molar-refractivity contribution >= 4 is 17.5 Å². The standard InChI is InChI=1S/C22H23NO4/c1-27-18-10-5-9-17(15-18)20(24)12-13-21(25)23-14-6-11-19(23)22(26)16-7-3-2-4-8-16/h2-5,7-10,15,19H,6,11-14H2,1H3. The van der Waals surface area contributed by atoms with E-state index < -0.39 is 6.04 Å². The highest BCUT2D eigenvalue weighted by molar-refractivity contribution is 6.03. The summed E-state index contributed by atoms with van der Waals surface area (Å²) in [7, 11) is 1.55. The number of rotatable bonds is 7. The molecule has 140 valence electrons. The zero-order valence-electron chi connectivity index (χ0n) is 15.4. The highest BCUT2D eigenvalue weighted by Gasteiger charge is 2.34. The van der Waals surface area contributed by atoms with E-state index >= 15 is 0 Å². The molecule has 3 rings (SSSR count). The van der Waals surface area contributed by atoms with Gasteiger partial charge in [0.2, 0.25) is 5.91 Å². The lowest BCUT2D eigenvalue weighted by molar-refractivity contribution is -0.131. The minimum absolute atomic E-state index is 0.0272. The molecule has 0 bridgehead atoms. The number of carbonyl (C=O) groups excluding carboxylic acids is 3. The maximum Gasteiger partial charge on any atom is 0.223 e. The van der Waals surface area contributed by atoms with Crippen molar-refractivity contribution in [3.05, 3.63) is 65.7 Å². The quantitative estimate of drug-likeness (QED) is 0.704. The Morgan fingerprint density at radius 2 is 1.74 bits per heavy atom. The van der Waals surface area contributed by atoms with Crippen LogP contribution in [0.25, 0.3) is 0 Å². The van der Waals surface area contributed by atoms with Crippen molar-refractivity contribution in [2.24, 2.45) is 0 Å². The molecule has 0 spiro atoms. The predicted octanol–water partition coefficient (Wildman–Crippen LogP) is 3.53. The summed E-state index contributed by atoms with van der Waals surface area (Å²) in [5, 5.41) is 0. The number of benzene rings is 2. The number of ether oxygens (including phenoxy) is 1. The van der Waals surface area contributed by atoms with Crippen molar-refractivity contribution in [1.29, 1.82) is 0 Å². The molecule has 1 unspecified atom stereocenters. The van der Waals surface area contributed by atoms with Gasteiger partial charge in [-0.25, -0.2) is 0 Å². The largest absolute Gasteiger partial charge is 0.497 e. The maximum absolute atomic E-state index is 12.7. The first-order valence-electron chi connectivity index (χ1n) is 9.16. The Morgan fingerprint density at radius 1 is 1.00 bits per heavy atom. The van der Waals surface area contributed by atoms with E-state index in [-0.39, 0.29) is 30.3 Å².